The van der Waals surface area contributed by atoms with Crippen molar-refractivity contribution < 1.29 is 0 Å². The van der Waals surface area contributed by atoms with Gasteiger partial charge in [-0.3, -0.25) is 4.68 Å². The summed E-state index contributed by atoms with van der Waals surface area (Å²) in [6.07, 6.45) is 6.02. The smallest absolute Gasteiger partial charge is 0.138 e. The Morgan fingerprint density at radius 2 is 2.11 bits per heavy atom. The van der Waals surface area contributed by atoms with Crippen molar-refractivity contribution in [2.24, 2.45) is 7.05 Å². The molecule has 6 nitrogen and oxygen atoms in total. The SMILES string of the molecule is CCc1cc(NCCCc2ncnn2C)ncn1. The van der Waals surface area contributed by atoms with Gasteiger partial charge in [0.25, 0.3) is 0 Å². The van der Waals surface area contributed by atoms with Gasteiger partial charge < -0.3 is 5.32 Å². The monoisotopic (exact) mass is 246 g/mol. The normalized spacial score (nSPS) is 10.6. The number of anilines is 1. The number of aryl methyl sites for hydroxylation is 3. The number of nitrogens with zero attached hydrogens (tertiary/aromatic N) is 5. The van der Waals surface area contributed by atoms with Crippen LogP contribution in [-0.4, -0.2) is 31.3 Å². The summed E-state index contributed by atoms with van der Waals surface area (Å²) in [6.45, 7) is 2.95. The maximum absolute atomic E-state index is 4.19. The van der Waals surface area contributed by atoms with Gasteiger partial charge in [-0.1, -0.05) is 6.92 Å². The third-order valence-electron chi connectivity index (χ3n) is 2.77. The molecule has 0 aliphatic rings. The van der Waals surface area contributed by atoms with E-state index in [9.17, 15) is 0 Å². The zero-order valence-electron chi connectivity index (χ0n) is 10.8. The molecule has 96 valence electrons. The largest absolute Gasteiger partial charge is 0.370 e. The quantitative estimate of drug-likeness (QED) is 0.776. The van der Waals surface area contributed by atoms with Crippen LogP contribution in [0, 0.1) is 0 Å². The Bertz CT molecular complexity index is 493. The fourth-order valence-corrected chi connectivity index (χ4v) is 1.70. The highest BCUT2D eigenvalue weighted by Crippen LogP contribution is 2.05. The topological polar surface area (TPSA) is 68.5 Å². The molecular weight excluding hydrogens is 228 g/mol. The van der Waals surface area contributed by atoms with E-state index in [1.807, 2.05) is 13.1 Å². The van der Waals surface area contributed by atoms with Crippen LogP contribution < -0.4 is 5.32 Å². The molecule has 0 atom stereocenters. The molecule has 0 unspecified atom stereocenters. The first-order chi connectivity index (χ1) is 8.79. The first-order valence-electron chi connectivity index (χ1n) is 6.17. The fourth-order valence-electron chi connectivity index (χ4n) is 1.70. The number of hydrogen-bond acceptors (Lipinski definition) is 5. The van der Waals surface area contributed by atoms with E-state index in [0.29, 0.717) is 0 Å². The average Bonchev–Trinajstić information content (AvgIpc) is 2.81. The summed E-state index contributed by atoms with van der Waals surface area (Å²) in [6, 6.07) is 1.99. The van der Waals surface area contributed by atoms with Crippen LogP contribution in [-0.2, 0) is 19.9 Å². The van der Waals surface area contributed by atoms with Crippen molar-refractivity contribution in [1.29, 1.82) is 0 Å². The van der Waals surface area contributed by atoms with Gasteiger partial charge in [0, 0.05) is 31.8 Å². The number of nitrogens with one attached hydrogen (secondary N) is 1. The Kier molecular flexibility index (Phi) is 4.22. The van der Waals surface area contributed by atoms with Crippen LogP contribution in [0.4, 0.5) is 5.82 Å². The molecule has 0 radical (unpaired) electrons. The van der Waals surface area contributed by atoms with Crippen molar-refractivity contribution in [2.75, 3.05) is 11.9 Å². The Labute approximate surface area is 106 Å². The second-order valence-electron chi connectivity index (χ2n) is 4.08. The molecule has 1 N–H and O–H groups in total. The summed E-state index contributed by atoms with van der Waals surface area (Å²) in [7, 11) is 1.91. The van der Waals surface area contributed by atoms with Crippen molar-refractivity contribution in [3.05, 3.63) is 30.2 Å². The van der Waals surface area contributed by atoms with E-state index in [2.05, 4.69) is 32.3 Å². The number of aromatic nitrogens is 5. The van der Waals surface area contributed by atoms with Crippen LogP contribution in [0.2, 0.25) is 0 Å². The molecule has 0 aromatic carbocycles. The molecular formula is C12H18N6. The van der Waals surface area contributed by atoms with Gasteiger partial charge in [-0.05, 0) is 12.8 Å². The van der Waals surface area contributed by atoms with Crippen LogP contribution in [0.15, 0.2) is 18.7 Å². The van der Waals surface area contributed by atoms with Crippen molar-refractivity contribution >= 4 is 5.82 Å². The molecule has 0 aliphatic heterocycles. The Balaban J connectivity index is 1.76. The minimum Gasteiger partial charge on any atom is -0.370 e. The molecule has 2 heterocycles. The molecule has 0 aliphatic carbocycles. The predicted octanol–water partition coefficient (Wildman–Crippen LogP) is 1.21. The van der Waals surface area contributed by atoms with Gasteiger partial charge in [-0.25, -0.2) is 15.0 Å². The lowest BCUT2D eigenvalue weighted by Gasteiger charge is -2.06. The predicted molar refractivity (Wildman–Crippen MR) is 69.2 cm³/mol. The van der Waals surface area contributed by atoms with Crippen LogP contribution in [0.25, 0.3) is 0 Å². The summed E-state index contributed by atoms with van der Waals surface area (Å²) in [5.41, 5.74) is 1.06. The van der Waals surface area contributed by atoms with Gasteiger partial charge in [-0.15, -0.1) is 0 Å². The van der Waals surface area contributed by atoms with E-state index < -0.39 is 0 Å². The maximum Gasteiger partial charge on any atom is 0.138 e. The molecule has 18 heavy (non-hydrogen) atoms. The number of rotatable bonds is 6. The van der Waals surface area contributed by atoms with Gasteiger partial charge in [0.2, 0.25) is 0 Å². The Morgan fingerprint density at radius 1 is 1.22 bits per heavy atom. The van der Waals surface area contributed by atoms with E-state index in [0.717, 1.165) is 43.1 Å². The number of hydrogen-bond donors (Lipinski definition) is 1. The zero-order valence-corrected chi connectivity index (χ0v) is 10.8. The summed E-state index contributed by atoms with van der Waals surface area (Å²) >= 11 is 0. The minimum atomic E-state index is 0.868. The highest BCUT2D eigenvalue weighted by atomic mass is 15.3. The first-order valence-corrected chi connectivity index (χ1v) is 6.17. The summed E-state index contributed by atoms with van der Waals surface area (Å²) in [4.78, 5) is 12.5. The highest BCUT2D eigenvalue weighted by Gasteiger charge is 2.00. The van der Waals surface area contributed by atoms with Gasteiger partial charge in [0.15, 0.2) is 0 Å². The minimum absolute atomic E-state index is 0.868. The van der Waals surface area contributed by atoms with Crippen LogP contribution in [0.5, 0.6) is 0 Å². The van der Waals surface area contributed by atoms with Gasteiger partial charge in [-0.2, -0.15) is 5.10 Å². The standard InChI is InChI=1S/C12H18N6/c1-3-10-7-11(15-8-14-10)13-6-4-5-12-16-9-17-18(12)2/h7-9H,3-6H2,1-2H3,(H,13,14,15). The van der Waals surface area contributed by atoms with E-state index >= 15 is 0 Å². The third kappa shape index (κ3) is 3.26. The van der Waals surface area contributed by atoms with Gasteiger partial charge >= 0.3 is 0 Å². The van der Waals surface area contributed by atoms with Crippen molar-refractivity contribution in [3.63, 3.8) is 0 Å². The summed E-state index contributed by atoms with van der Waals surface area (Å²) in [5.74, 6) is 1.90. The molecule has 0 saturated carbocycles. The Hall–Kier alpha value is -1.98. The first kappa shape index (κ1) is 12.5. The third-order valence-corrected chi connectivity index (χ3v) is 2.77. The lowest BCUT2D eigenvalue weighted by atomic mass is 10.3. The molecule has 0 amide bonds. The summed E-state index contributed by atoms with van der Waals surface area (Å²) < 4.78 is 1.81. The second kappa shape index (κ2) is 6.09. The molecule has 2 aromatic rings. The molecule has 2 rings (SSSR count). The fraction of sp³-hybridized carbons (Fsp3) is 0.500. The molecule has 6 heteroatoms. The van der Waals surface area contributed by atoms with E-state index in [1.54, 1.807) is 17.3 Å². The average molecular weight is 246 g/mol. The Morgan fingerprint density at radius 3 is 2.83 bits per heavy atom. The molecule has 0 saturated heterocycles. The molecule has 0 spiro atoms. The van der Waals surface area contributed by atoms with Crippen molar-refractivity contribution in [2.45, 2.75) is 26.2 Å². The lowest BCUT2D eigenvalue weighted by Crippen LogP contribution is -2.07. The molecule has 0 fully saturated rings. The van der Waals surface area contributed by atoms with Crippen LogP contribution in [0.3, 0.4) is 0 Å². The maximum atomic E-state index is 4.19. The van der Waals surface area contributed by atoms with Crippen LogP contribution in [0.1, 0.15) is 24.9 Å². The van der Waals surface area contributed by atoms with Crippen molar-refractivity contribution in [3.8, 4) is 0 Å². The van der Waals surface area contributed by atoms with Gasteiger partial charge in [0.05, 0.1) is 0 Å². The molecule has 2 aromatic heterocycles. The van der Waals surface area contributed by atoms with E-state index in [4.69, 9.17) is 0 Å². The molecule has 0 bridgehead atoms. The lowest BCUT2D eigenvalue weighted by molar-refractivity contribution is 0.679. The van der Waals surface area contributed by atoms with E-state index in [-0.39, 0.29) is 0 Å². The summed E-state index contributed by atoms with van der Waals surface area (Å²) in [5, 5.41) is 7.33. The highest BCUT2D eigenvalue weighted by molar-refractivity contribution is 5.34. The van der Waals surface area contributed by atoms with Crippen LogP contribution >= 0.6 is 0 Å². The second-order valence-corrected chi connectivity index (χ2v) is 4.08. The van der Waals surface area contributed by atoms with Gasteiger partial charge in [0.1, 0.15) is 24.3 Å². The van der Waals surface area contributed by atoms with Crippen molar-refractivity contribution in [1.82, 2.24) is 24.7 Å². The zero-order chi connectivity index (χ0) is 12.8. The van der Waals surface area contributed by atoms with E-state index in [1.165, 1.54) is 0 Å².